The van der Waals surface area contributed by atoms with Gasteiger partial charge in [0.25, 0.3) is 0 Å². The van der Waals surface area contributed by atoms with Gasteiger partial charge in [0.2, 0.25) is 5.91 Å². The summed E-state index contributed by atoms with van der Waals surface area (Å²) in [7, 11) is 1.67. The third-order valence-electron chi connectivity index (χ3n) is 4.80. The predicted molar refractivity (Wildman–Crippen MR) is 102 cm³/mol. The van der Waals surface area contributed by atoms with Crippen LogP contribution in [0.15, 0.2) is 60.7 Å². The minimum absolute atomic E-state index is 0.0000581. The van der Waals surface area contributed by atoms with Gasteiger partial charge in [0.1, 0.15) is 0 Å². The highest BCUT2D eigenvalue weighted by Crippen LogP contribution is 2.39. The Morgan fingerprint density at radius 2 is 1.52 bits per heavy atom. The molecule has 2 aromatic rings. The molecule has 0 fully saturated rings. The second-order valence-corrected chi connectivity index (χ2v) is 6.51. The second-order valence-electron chi connectivity index (χ2n) is 6.51. The molecule has 134 valence electrons. The molecule has 0 heterocycles. The van der Waals surface area contributed by atoms with E-state index in [2.05, 4.69) is 12.2 Å². The summed E-state index contributed by atoms with van der Waals surface area (Å²) in [5, 5.41) is 13.9. The molecule has 0 aliphatic carbocycles. The molecule has 0 saturated heterocycles. The zero-order valence-electron chi connectivity index (χ0n) is 15.2. The summed E-state index contributed by atoms with van der Waals surface area (Å²) in [5.41, 5.74) is 1.85. The zero-order valence-corrected chi connectivity index (χ0v) is 15.2. The summed E-state index contributed by atoms with van der Waals surface area (Å²) < 4.78 is 0. The van der Waals surface area contributed by atoms with Crippen LogP contribution in [-0.4, -0.2) is 18.1 Å². The average Bonchev–Trinajstić information content (AvgIpc) is 2.68. The lowest BCUT2D eigenvalue weighted by Crippen LogP contribution is -2.34. The number of benzene rings is 2. The molecule has 0 bridgehead atoms. The van der Waals surface area contributed by atoms with E-state index < -0.39 is 6.10 Å². The van der Waals surface area contributed by atoms with Gasteiger partial charge in [-0.25, -0.2) is 0 Å². The number of amides is 1. The van der Waals surface area contributed by atoms with E-state index >= 15 is 0 Å². The van der Waals surface area contributed by atoms with E-state index in [4.69, 9.17) is 0 Å². The van der Waals surface area contributed by atoms with E-state index in [1.54, 1.807) is 7.05 Å². The molecule has 0 aromatic heterocycles. The number of unbranched alkanes of at least 4 members (excludes halogenated alkanes) is 2. The highest BCUT2D eigenvalue weighted by Gasteiger charge is 2.34. The molecule has 0 saturated carbocycles. The minimum atomic E-state index is -0.715. The first-order valence-corrected chi connectivity index (χ1v) is 9.18. The first-order valence-electron chi connectivity index (χ1n) is 9.18. The molecular weight excluding hydrogens is 310 g/mol. The van der Waals surface area contributed by atoms with Crippen LogP contribution in [0.1, 0.15) is 55.8 Å². The molecule has 0 aliphatic heterocycles. The fourth-order valence-corrected chi connectivity index (χ4v) is 3.44. The van der Waals surface area contributed by atoms with Crippen LogP contribution in [0.4, 0.5) is 0 Å². The Labute approximate surface area is 151 Å². The van der Waals surface area contributed by atoms with Crippen LogP contribution < -0.4 is 5.32 Å². The van der Waals surface area contributed by atoms with Gasteiger partial charge in [-0.15, -0.1) is 0 Å². The maximum absolute atomic E-state index is 12.6. The fraction of sp³-hybridized carbons (Fsp3) is 0.409. The van der Waals surface area contributed by atoms with E-state index in [0.29, 0.717) is 0 Å². The Balaban J connectivity index is 2.39. The third-order valence-corrected chi connectivity index (χ3v) is 4.80. The number of hydrogen-bond acceptors (Lipinski definition) is 2. The predicted octanol–water partition coefficient (Wildman–Crippen LogP) is 4.45. The van der Waals surface area contributed by atoms with Crippen LogP contribution in [-0.2, 0) is 4.79 Å². The van der Waals surface area contributed by atoms with Gasteiger partial charge in [0, 0.05) is 18.9 Å². The topological polar surface area (TPSA) is 49.3 Å². The normalized spacial score (nSPS) is 14.5. The van der Waals surface area contributed by atoms with E-state index in [9.17, 15) is 9.90 Å². The monoisotopic (exact) mass is 339 g/mol. The third kappa shape index (κ3) is 5.17. The second kappa shape index (κ2) is 10.00. The van der Waals surface area contributed by atoms with Crippen molar-refractivity contribution in [2.24, 2.45) is 5.92 Å². The standard InChI is InChI=1S/C22H29NO2/c1-3-4-7-16-19(22(25)23-2)20(17-12-8-5-9-13-17)21(24)18-14-10-6-11-15-18/h5-6,8-15,19-21,24H,3-4,7,16H2,1-2H3,(H,23,25)/t19?,20-,21-/m0/s1. The minimum Gasteiger partial charge on any atom is -0.388 e. The molecule has 1 unspecified atom stereocenters. The lowest BCUT2D eigenvalue weighted by Gasteiger charge is -2.31. The Morgan fingerprint density at radius 3 is 2.04 bits per heavy atom. The van der Waals surface area contributed by atoms with Gasteiger partial charge in [0.15, 0.2) is 0 Å². The van der Waals surface area contributed by atoms with Crippen LogP contribution in [0.25, 0.3) is 0 Å². The molecule has 0 aliphatic rings. The Morgan fingerprint density at radius 1 is 0.960 bits per heavy atom. The zero-order chi connectivity index (χ0) is 18.1. The molecule has 25 heavy (non-hydrogen) atoms. The quantitative estimate of drug-likeness (QED) is 0.663. The fourth-order valence-electron chi connectivity index (χ4n) is 3.44. The van der Waals surface area contributed by atoms with Gasteiger partial charge in [-0.2, -0.15) is 0 Å². The van der Waals surface area contributed by atoms with Crippen molar-refractivity contribution in [3.8, 4) is 0 Å². The summed E-state index contributed by atoms with van der Waals surface area (Å²) in [6.45, 7) is 2.16. The first kappa shape index (κ1) is 19.2. The number of aliphatic hydroxyl groups is 1. The van der Waals surface area contributed by atoms with Gasteiger partial charge in [-0.05, 0) is 17.5 Å². The molecular formula is C22H29NO2. The number of hydrogen-bond donors (Lipinski definition) is 2. The van der Waals surface area contributed by atoms with Gasteiger partial charge < -0.3 is 10.4 Å². The summed E-state index contributed by atoms with van der Waals surface area (Å²) in [4.78, 5) is 12.6. The van der Waals surface area contributed by atoms with Gasteiger partial charge >= 0.3 is 0 Å². The van der Waals surface area contributed by atoms with E-state index in [1.165, 1.54) is 0 Å². The van der Waals surface area contributed by atoms with Crippen molar-refractivity contribution in [2.75, 3.05) is 7.05 Å². The van der Waals surface area contributed by atoms with Crippen molar-refractivity contribution >= 4 is 5.91 Å². The molecule has 3 nitrogen and oxygen atoms in total. The highest BCUT2D eigenvalue weighted by atomic mass is 16.3. The Kier molecular flexibility index (Phi) is 7.68. The average molecular weight is 339 g/mol. The maximum Gasteiger partial charge on any atom is 0.223 e. The largest absolute Gasteiger partial charge is 0.388 e. The molecule has 2 rings (SSSR count). The lowest BCUT2D eigenvalue weighted by atomic mass is 9.76. The van der Waals surface area contributed by atoms with Gasteiger partial charge in [-0.1, -0.05) is 86.8 Å². The van der Waals surface area contributed by atoms with Crippen LogP contribution in [0, 0.1) is 5.92 Å². The van der Waals surface area contributed by atoms with Crippen molar-refractivity contribution < 1.29 is 9.90 Å². The van der Waals surface area contributed by atoms with Crippen LogP contribution in [0.5, 0.6) is 0 Å². The molecule has 2 N–H and O–H groups in total. The summed E-state index contributed by atoms with van der Waals surface area (Å²) >= 11 is 0. The van der Waals surface area contributed by atoms with Crippen molar-refractivity contribution in [3.63, 3.8) is 0 Å². The number of nitrogens with one attached hydrogen (secondary N) is 1. The Bertz CT molecular complexity index is 627. The van der Waals surface area contributed by atoms with Crippen LogP contribution in [0.3, 0.4) is 0 Å². The highest BCUT2D eigenvalue weighted by molar-refractivity contribution is 5.79. The number of aliphatic hydroxyl groups excluding tert-OH is 1. The Hall–Kier alpha value is -2.13. The molecule has 0 spiro atoms. The molecule has 3 heteroatoms. The van der Waals surface area contributed by atoms with Crippen LogP contribution >= 0.6 is 0 Å². The molecule has 2 aromatic carbocycles. The van der Waals surface area contributed by atoms with E-state index in [1.807, 2.05) is 60.7 Å². The lowest BCUT2D eigenvalue weighted by molar-refractivity contribution is -0.126. The van der Waals surface area contributed by atoms with Crippen molar-refractivity contribution in [1.82, 2.24) is 5.32 Å². The number of rotatable bonds is 9. The smallest absolute Gasteiger partial charge is 0.223 e. The molecule has 0 radical (unpaired) electrons. The summed E-state index contributed by atoms with van der Waals surface area (Å²) in [6.07, 6.45) is 3.25. The maximum atomic E-state index is 12.6. The molecule has 3 atom stereocenters. The number of carbonyl (C=O) groups is 1. The number of carbonyl (C=O) groups excluding carboxylic acids is 1. The van der Waals surface area contributed by atoms with Crippen LogP contribution in [0.2, 0.25) is 0 Å². The van der Waals surface area contributed by atoms with Gasteiger partial charge in [-0.3, -0.25) is 4.79 Å². The summed E-state index contributed by atoms with van der Waals surface area (Å²) in [5.74, 6) is -0.519. The van der Waals surface area contributed by atoms with Gasteiger partial charge in [0.05, 0.1) is 6.10 Å². The first-order chi connectivity index (χ1) is 12.2. The van der Waals surface area contributed by atoms with E-state index in [-0.39, 0.29) is 17.7 Å². The van der Waals surface area contributed by atoms with Crippen molar-refractivity contribution in [1.29, 1.82) is 0 Å². The SMILES string of the molecule is CCCCCC(C(=O)NC)[C@H](c1ccccc1)[C@@H](O)c1ccccc1. The van der Waals surface area contributed by atoms with E-state index in [0.717, 1.165) is 36.8 Å². The van der Waals surface area contributed by atoms with Crippen molar-refractivity contribution in [3.05, 3.63) is 71.8 Å². The molecule has 1 amide bonds. The summed E-state index contributed by atoms with van der Waals surface area (Å²) in [6, 6.07) is 19.5. The van der Waals surface area contributed by atoms with Crippen molar-refractivity contribution in [2.45, 2.75) is 44.6 Å².